The second kappa shape index (κ2) is 7.83. The van der Waals surface area contributed by atoms with Crippen LogP contribution in [0.15, 0.2) is 18.2 Å². The molecule has 0 unspecified atom stereocenters. The summed E-state index contributed by atoms with van der Waals surface area (Å²) in [7, 11) is -3.25. The lowest BCUT2D eigenvalue weighted by atomic mass is 9.99. The molecule has 128 valence electrons. The molecule has 8 heteroatoms. The van der Waals surface area contributed by atoms with Gasteiger partial charge in [-0.2, -0.15) is 0 Å². The minimum Gasteiger partial charge on any atom is -0.352 e. The zero-order chi connectivity index (χ0) is 17.0. The Bertz CT molecular complexity index is 679. The van der Waals surface area contributed by atoms with E-state index in [9.17, 15) is 13.2 Å². The topological polar surface area (TPSA) is 66.5 Å². The van der Waals surface area contributed by atoms with Crippen molar-refractivity contribution < 1.29 is 13.2 Å². The summed E-state index contributed by atoms with van der Waals surface area (Å²) in [6, 6.07) is 5.10. The van der Waals surface area contributed by atoms with Crippen LogP contribution < -0.4 is 5.32 Å². The van der Waals surface area contributed by atoms with Gasteiger partial charge in [-0.15, -0.1) is 0 Å². The summed E-state index contributed by atoms with van der Waals surface area (Å²) >= 11 is 11.9. The van der Waals surface area contributed by atoms with Gasteiger partial charge >= 0.3 is 0 Å². The summed E-state index contributed by atoms with van der Waals surface area (Å²) in [5.74, 6) is -0.412. The SMILES string of the molecule is CCS(=O)(=O)N1CCC[C@@H](C(=O)NCc2ccc(Cl)cc2Cl)C1. The van der Waals surface area contributed by atoms with Crippen molar-refractivity contribution in [2.45, 2.75) is 26.3 Å². The number of sulfonamides is 1. The van der Waals surface area contributed by atoms with Gasteiger partial charge in [-0.05, 0) is 37.5 Å². The number of nitrogens with zero attached hydrogens (tertiary/aromatic N) is 1. The molecule has 0 spiro atoms. The normalized spacial score (nSPS) is 19.5. The maximum Gasteiger partial charge on any atom is 0.224 e. The number of carbonyl (C=O) groups excluding carboxylic acids is 1. The third-order valence-electron chi connectivity index (χ3n) is 3.98. The number of nitrogens with one attached hydrogen (secondary N) is 1. The molecule has 0 aliphatic carbocycles. The summed E-state index contributed by atoms with van der Waals surface area (Å²) in [6.45, 7) is 2.65. The van der Waals surface area contributed by atoms with Crippen LogP contribution in [-0.2, 0) is 21.4 Å². The first-order chi connectivity index (χ1) is 10.8. The molecule has 2 rings (SSSR count). The van der Waals surface area contributed by atoms with Gasteiger partial charge in [0.2, 0.25) is 15.9 Å². The Morgan fingerprint density at radius 1 is 1.39 bits per heavy atom. The molecule has 0 bridgehead atoms. The highest BCUT2D eigenvalue weighted by molar-refractivity contribution is 7.89. The van der Waals surface area contributed by atoms with E-state index in [0.29, 0.717) is 36.0 Å². The van der Waals surface area contributed by atoms with Crippen LogP contribution in [0.25, 0.3) is 0 Å². The monoisotopic (exact) mass is 378 g/mol. The molecule has 1 saturated heterocycles. The standard InChI is InChI=1S/C15H20Cl2N2O3S/c1-2-23(21,22)19-7-3-4-12(10-19)15(20)18-9-11-5-6-13(16)8-14(11)17/h5-6,8,12H,2-4,7,9-10H2,1H3,(H,18,20)/t12-/m1/s1. The van der Waals surface area contributed by atoms with Crippen molar-refractivity contribution in [1.29, 1.82) is 0 Å². The molecule has 1 aromatic carbocycles. The predicted octanol–water partition coefficient (Wildman–Crippen LogP) is 2.67. The third kappa shape index (κ3) is 4.83. The average Bonchev–Trinajstić information content (AvgIpc) is 2.54. The molecular weight excluding hydrogens is 359 g/mol. The van der Waals surface area contributed by atoms with Gasteiger partial charge in [0.1, 0.15) is 0 Å². The molecule has 1 heterocycles. The minimum atomic E-state index is -3.25. The number of halogens is 2. The van der Waals surface area contributed by atoms with E-state index in [1.807, 2.05) is 0 Å². The number of amides is 1. The molecule has 1 atom stereocenters. The number of carbonyl (C=O) groups is 1. The lowest BCUT2D eigenvalue weighted by Gasteiger charge is -2.30. The van der Waals surface area contributed by atoms with Gasteiger partial charge in [-0.25, -0.2) is 12.7 Å². The van der Waals surface area contributed by atoms with Gasteiger partial charge in [0.25, 0.3) is 0 Å². The number of hydrogen-bond acceptors (Lipinski definition) is 3. The molecule has 1 N–H and O–H groups in total. The quantitative estimate of drug-likeness (QED) is 0.856. The molecule has 1 aromatic rings. The van der Waals surface area contributed by atoms with Crippen molar-refractivity contribution in [3.8, 4) is 0 Å². The Morgan fingerprint density at radius 2 is 2.13 bits per heavy atom. The Hall–Kier alpha value is -0.820. The van der Waals surface area contributed by atoms with Gasteiger partial charge in [-0.3, -0.25) is 4.79 Å². The van der Waals surface area contributed by atoms with E-state index in [1.54, 1.807) is 25.1 Å². The van der Waals surface area contributed by atoms with E-state index in [0.717, 1.165) is 5.56 Å². The molecule has 1 fully saturated rings. The first-order valence-corrected chi connectivity index (χ1v) is 9.89. The first kappa shape index (κ1) is 18.5. The van der Waals surface area contributed by atoms with Crippen LogP contribution in [-0.4, -0.2) is 37.5 Å². The fraction of sp³-hybridized carbons (Fsp3) is 0.533. The van der Waals surface area contributed by atoms with Crippen LogP contribution in [0.2, 0.25) is 10.0 Å². The van der Waals surface area contributed by atoms with Crippen LogP contribution in [0.1, 0.15) is 25.3 Å². The van der Waals surface area contributed by atoms with Crippen molar-refractivity contribution in [1.82, 2.24) is 9.62 Å². The number of benzene rings is 1. The van der Waals surface area contributed by atoms with E-state index in [1.165, 1.54) is 4.31 Å². The number of rotatable bonds is 5. The summed E-state index contributed by atoms with van der Waals surface area (Å²) in [6.07, 6.45) is 1.38. The maximum atomic E-state index is 12.3. The minimum absolute atomic E-state index is 0.0573. The Labute approximate surface area is 147 Å². The van der Waals surface area contributed by atoms with Gasteiger partial charge in [0.05, 0.1) is 11.7 Å². The molecule has 0 saturated carbocycles. The number of piperidine rings is 1. The lowest BCUT2D eigenvalue weighted by molar-refractivity contribution is -0.126. The van der Waals surface area contributed by atoms with Crippen molar-refractivity contribution in [2.75, 3.05) is 18.8 Å². The van der Waals surface area contributed by atoms with Crippen LogP contribution in [0, 0.1) is 5.92 Å². The number of hydrogen-bond donors (Lipinski definition) is 1. The Morgan fingerprint density at radius 3 is 2.78 bits per heavy atom. The molecule has 1 amide bonds. The smallest absolute Gasteiger partial charge is 0.224 e. The van der Waals surface area contributed by atoms with Crippen LogP contribution in [0.5, 0.6) is 0 Å². The van der Waals surface area contributed by atoms with Crippen molar-refractivity contribution in [3.05, 3.63) is 33.8 Å². The van der Waals surface area contributed by atoms with Gasteiger partial charge in [0, 0.05) is 29.7 Å². The van der Waals surface area contributed by atoms with Crippen LogP contribution in [0.3, 0.4) is 0 Å². The van der Waals surface area contributed by atoms with Crippen LogP contribution in [0.4, 0.5) is 0 Å². The molecule has 23 heavy (non-hydrogen) atoms. The third-order valence-corrected chi connectivity index (χ3v) is 6.42. The zero-order valence-electron chi connectivity index (χ0n) is 12.9. The predicted molar refractivity (Wildman–Crippen MR) is 92.1 cm³/mol. The lowest BCUT2D eigenvalue weighted by Crippen LogP contribution is -2.45. The second-order valence-corrected chi connectivity index (χ2v) is 8.65. The fourth-order valence-corrected chi connectivity index (χ4v) is 4.24. The maximum absolute atomic E-state index is 12.3. The van der Waals surface area contributed by atoms with Crippen molar-refractivity contribution >= 4 is 39.1 Å². The average molecular weight is 379 g/mol. The van der Waals surface area contributed by atoms with Crippen molar-refractivity contribution in [3.63, 3.8) is 0 Å². The highest BCUT2D eigenvalue weighted by Crippen LogP contribution is 2.22. The van der Waals surface area contributed by atoms with E-state index in [-0.39, 0.29) is 24.1 Å². The molecule has 0 aromatic heterocycles. The molecule has 0 radical (unpaired) electrons. The molecule has 1 aliphatic heterocycles. The molecule has 1 aliphatic rings. The van der Waals surface area contributed by atoms with Crippen molar-refractivity contribution in [2.24, 2.45) is 5.92 Å². The van der Waals surface area contributed by atoms with Gasteiger partial charge in [0.15, 0.2) is 0 Å². The van der Waals surface area contributed by atoms with Gasteiger partial charge in [-0.1, -0.05) is 29.3 Å². The summed E-state index contributed by atoms with van der Waals surface area (Å²) in [4.78, 5) is 12.3. The first-order valence-electron chi connectivity index (χ1n) is 7.53. The van der Waals surface area contributed by atoms with E-state index < -0.39 is 10.0 Å². The summed E-state index contributed by atoms with van der Waals surface area (Å²) in [5.41, 5.74) is 0.776. The molecule has 5 nitrogen and oxygen atoms in total. The van der Waals surface area contributed by atoms with Crippen LogP contribution >= 0.6 is 23.2 Å². The highest BCUT2D eigenvalue weighted by atomic mass is 35.5. The summed E-state index contributed by atoms with van der Waals surface area (Å²) in [5, 5.41) is 3.87. The van der Waals surface area contributed by atoms with E-state index >= 15 is 0 Å². The fourth-order valence-electron chi connectivity index (χ4n) is 2.58. The van der Waals surface area contributed by atoms with E-state index in [2.05, 4.69) is 5.32 Å². The second-order valence-electron chi connectivity index (χ2n) is 5.55. The van der Waals surface area contributed by atoms with Gasteiger partial charge < -0.3 is 5.32 Å². The summed E-state index contributed by atoms with van der Waals surface area (Å²) < 4.78 is 25.3. The molecular formula is C15H20Cl2N2O3S. The van der Waals surface area contributed by atoms with E-state index in [4.69, 9.17) is 23.2 Å². The largest absolute Gasteiger partial charge is 0.352 e. The Balaban J connectivity index is 1.95. The Kier molecular flexibility index (Phi) is 6.31. The highest BCUT2D eigenvalue weighted by Gasteiger charge is 2.31. The zero-order valence-corrected chi connectivity index (χ0v) is 15.2.